The Hall–Kier alpha value is -3.02. The summed E-state index contributed by atoms with van der Waals surface area (Å²) in [6.07, 6.45) is 0.0138. The van der Waals surface area contributed by atoms with Gasteiger partial charge in [-0.25, -0.2) is 9.59 Å². The number of aromatic hydroxyl groups is 2. The van der Waals surface area contributed by atoms with Crippen LogP contribution in [0.4, 0.5) is 0 Å². The van der Waals surface area contributed by atoms with Crippen molar-refractivity contribution in [2.24, 2.45) is 0 Å². The highest BCUT2D eigenvalue weighted by Crippen LogP contribution is 2.27. The van der Waals surface area contributed by atoms with Crippen LogP contribution in [0.3, 0.4) is 0 Å². The number of phenols is 2. The van der Waals surface area contributed by atoms with Gasteiger partial charge in [0.15, 0.2) is 0 Å². The minimum Gasteiger partial charge on any atom is -0.508 e. The van der Waals surface area contributed by atoms with Crippen LogP contribution in [-0.2, 0) is 6.42 Å². The van der Waals surface area contributed by atoms with Crippen LogP contribution in [-0.4, -0.2) is 32.4 Å². The van der Waals surface area contributed by atoms with Gasteiger partial charge >= 0.3 is 11.9 Å². The lowest BCUT2D eigenvalue weighted by atomic mass is 9.99. The molecule has 6 nitrogen and oxygen atoms in total. The van der Waals surface area contributed by atoms with E-state index >= 15 is 0 Å². The van der Waals surface area contributed by atoms with Crippen molar-refractivity contribution in [3.63, 3.8) is 0 Å². The molecule has 0 spiro atoms. The van der Waals surface area contributed by atoms with Crippen molar-refractivity contribution in [3.8, 4) is 11.5 Å². The van der Waals surface area contributed by atoms with Gasteiger partial charge in [-0.05, 0) is 47.5 Å². The first kappa shape index (κ1) is 14.4. The first-order valence-electron chi connectivity index (χ1n) is 5.99. The summed E-state index contributed by atoms with van der Waals surface area (Å²) in [6, 6.07) is 7.58. The Morgan fingerprint density at radius 1 is 0.762 bits per heavy atom. The second kappa shape index (κ2) is 5.54. The topological polar surface area (TPSA) is 115 Å². The van der Waals surface area contributed by atoms with Gasteiger partial charge in [-0.15, -0.1) is 0 Å². The van der Waals surface area contributed by atoms with E-state index in [4.69, 9.17) is 10.2 Å². The lowest BCUT2D eigenvalue weighted by Crippen LogP contribution is -2.00. The molecule has 0 fully saturated rings. The highest BCUT2D eigenvalue weighted by atomic mass is 16.4. The summed E-state index contributed by atoms with van der Waals surface area (Å²) in [6.45, 7) is 0. The number of carboxylic acid groups (broad SMARTS) is 2. The Bertz CT molecular complexity index is 659. The Morgan fingerprint density at radius 3 is 1.48 bits per heavy atom. The molecule has 0 amide bonds. The predicted octanol–water partition coefficient (Wildman–Crippen LogP) is 2.08. The number of hydrogen-bond acceptors (Lipinski definition) is 4. The number of phenolic OH excluding ortho intramolecular Hbond substituents is 2. The Morgan fingerprint density at radius 2 is 1.14 bits per heavy atom. The molecule has 0 bridgehead atoms. The molecule has 2 aromatic rings. The van der Waals surface area contributed by atoms with Crippen molar-refractivity contribution in [2.45, 2.75) is 6.42 Å². The van der Waals surface area contributed by atoms with Gasteiger partial charge in [0.2, 0.25) is 0 Å². The molecule has 2 rings (SSSR count). The fourth-order valence-electron chi connectivity index (χ4n) is 1.93. The molecule has 0 saturated carbocycles. The fraction of sp³-hybridized carbons (Fsp3) is 0.0667. The van der Waals surface area contributed by atoms with E-state index in [1.807, 2.05) is 0 Å². The molecule has 21 heavy (non-hydrogen) atoms. The maximum atomic E-state index is 10.9. The highest BCUT2D eigenvalue weighted by molar-refractivity contribution is 5.89. The fourth-order valence-corrected chi connectivity index (χ4v) is 1.93. The molecule has 0 aliphatic rings. The van der Waals surface area contributed by atoms with Crippen molar-refractivity contribution in [3.05, 3.63) is 58.7 Å². The van der Waals surface area contributed by atoms with Gasteiger partial charge in [-0.1, -0.05) is 0 Å². The van der Waals surface area contributed by atoms with E-state index in [2.05, 4.69) is 0 Å². The standard InChI is InChI=1S/C15H12O6/c16-12-3-1-8(14(18)19)5-10(12)7-11-6-9(15(20)21)2-4-13(11)17/h1-6,16-17H,7H2,(H,18,19)(H,20,21). The number of hydrogen-bond donors (Lipinski definition) is 4. The van der Waals surface area contributed by atoms with Crippen LogP contribution in [0.1, 0.15) is 31.8 Å². The number of rotatable bonds is 4. The molecular weight excluding hydrogens is 276 g/mol. The monoisotopic (exact) mass is 288 g/mol. The van der Waals surface area contributed by atoms with Crippen molar-refractivity contribution < 1.29 is 30.0 Å². The first-order valence-corrected chi connectivity index (χ1v) is 5.99. The third-order valence-electron chi connectivity index (χ3n) is 3.03. The number of carbonyl (C=O) groups is 2. The maximum Gasteiger partial charge on any atom is 0.335 e. The average Bonchev–Trinajstić information content (AvgIpc) is 2.43. The third kappa shape index (κ3) is 3.11. The van der Waals surface area contributed by atoms with E-state index < -0.39 is 11.9 Å². The Balaban J connectivity index is 2.42. The van der Waals surface area contributed by atoms with Crippen molar-refractivity contribution in [1.82, 2.24) is 0 Å². The summed E-state index contributed by atoms with van der Waals surface area (Å²) in [5, 5.41) is 37.4. The molecular formula is C15H12O6. The summed E-state index contributed by atoms with van der Waals surface area (Å²) in [4.78, 5) is 21.8. The number of aromatic carboxylic acids is 2. The molecule has 0 atom stereocenters. The van der Waals surface area contributed by atoms with Gasteiger partial charge in [-0.3, -0.25) is 0 Å². The molecule has 0 aliphatic heterocycles. The molecule has 0 aromatic heterocycles. The molecule has 0 unspecified atom stereocenters. The summed E-state index contributed by atoms with van der Waals surface area (Å²) < 4.78 is 0. The second-order valence-corrected chi connectivity index (χ2v) is 4.47. The van der Waals surface area contributed by atoms with Crippen molar-refractivity contribution in [1.29, 1.82) is 0 Å². The van der Waals surface area contributed by atoms with Crippen LogP contribution >= 0.6 is 0 Å². The summed E-state index contributed by atoms with van der Waals surface area (Å²) >= 11 is 0. The minimum atomic E-state index is -1.14. The van der Waals surface area contributed by atoms with E-state index in [1.165, 1.54) is 36.4 Å². The van der Waals surface area contributed by atoms with Gasteiger partial charge in [0.05, 0.1) is 11.1 Å². The van der Waals surface area contributed by atoms with Crippen LogP contribution in [0.5, 0.6) is 11.5 Å². The molecule has 108 valence electrons. The van der Waals surface area contributed by atoms with E-state index in [1.54, 1.807) is 0 Å². The molecule has 0 radical (unpaired) electrons. The van der Waals surface area contributed by atoms with Crippen LogP contribution in [0.2, 0.25) is 0 Å². The molecule has 4 N–H and O–H groups in total. The lowest BCUT2D eigenvalue weighted by Gasteiger charge is -2.09. The second-order valence-electron chi connectivity index (χ2n) is 4.47. The highest BCUT2D eigenvalue weighted by Gasteiger charge is 2.12. The lowest BCUT2D eigenvalue weighted by molar-refractivity contribution is 0.0686. The molecule has 0 saturated heterocycles. The molecule has 2 aromatic carbocycles. The zero-order valence-corrected chi connectivity index (χ0v) is 10.8. The molecule has 6 heteroatoms. The Kier molecular flexibility index (Phi) is 3.80. The summed E-state index contributed by atoms with van der Waals surface area (Å²) in [7, 11) is 0. The summed E-state index contributed by atoms with van der Waals surface area (Å²) in [5.74, 6) is -2.53. The van der Waals surface area contributed by atoms with E-state index in [-0.39, 0.29) is 40.2 Å². The SMILES string of the molecule is O=C(O)c1ccc(O)c(Cc2cc(C(=O)O)ccc2O)c1. The van der Waals surface area contributed by atoms with Crippen LogP contribution < -0.4 is 0 Å². The van der Waals surface area contributed by atoms with Gasteiger partial charge in [0.25, 0.3) is 0 Å². The molecule has 0 aliphatic carbocycles. The largest absolute Gasteiger partial charge is 0.508 e. The molecule has 0 heterocycles. The predicted molar refractivity (Wildman–Crippen MR) is 72.9 cm³/mol. The van der Waals surface area contributed by atoms with Gasteiger partial charge in [0, 0.05) is 6.42 Å². The number of carboxylic acids is 2. The average molecular weight is 288 g/mol. The zero-order valence-electron chi connectivity index (χ0n) is 10.8. The third-order valence-corrected chi connectivity index (χ3v) is 3.03. The zero-order chi connectivity index (χ0) is 15.6. The van der Waals surface area contributed by atoms with Crippen molar-refractivity contribution in [2.75, 3.05) is 0 Å². The quantitative estimate of drug-likeness (QED) is 0.684. The van der Waals surface area contributed by atoms with E-state index in [0.717, 1.165) is 0 Å². The van der Waals surface area contributed by atoms with Gasteiger partial charge in [0.1, 0.15) is 11.5 Å². The first-order chi connectivity index (χ1) is 9.88. The normalized spacial score (nSPS) is 10.3. The van der Waals surface area contributed by atoms with Crippen LogP contribution in [0.25, 0.3) is 0 Å². The smallest absolute Gasteiger partial charge is 0.335 e. The van der Waals surface area contributed by atoms with Crippen LogP contribution in [0, 0.1) is 0 Å². The Labute approximate surface area is 119 Å². The van der Waals surface area contributed by atoms with Gasteiger partial charge in [-0.2, -0.15) is 0 Å². The maximum absolute atomic E-state index is 10.9. The van der Waals surface area contributed by atoms with E-state index in [0.29, 0.717) is 0 Å². The summed E-state index contributed by atoms with van der Waals surface area (Å²) in [5.41, 5.74) is 0.564. The van der Waals surface area contributed by atoms with Gasteiger partial charge < -0.3 is 20.4 Å². The van der Waals surface area contributed by atoms with Crippen LogP contribution in [0.15, 0.2) is 36.4 Å². The van der Waals surface area contributed by atoms with E-state index in [9.17, 15) is 19.8 Å². The van der Waals surface area contributed by atoms with Crippen molar-refractivity contribution >= 4 is 11.9 Å². The number of benzene rings is 2. The minimum absolute atomic E-state index is 0.00308.